The van der Waals surface area contributed by atoms with E-state index in [4.69, 9.17) is 9.47 Å². The maximum Gasteiger partial charge on any atom is 0.410 e. The molecule has 3 rings (SSSR count). The second-order valence-electron chi connectivity index (χ2n) is 8.61. The molecule has 31 heavy (non-hydrogen) atoms. The Labute approximate surface area is 185 Å². The Morgan fingerprint density at radius 2 is 1.81 bits per heavy atom. The number of carbonyl (C=O) groups excluding carboxylic acids is 1. The highest BCUT2D eigenvalue weighted by molar-refractivity contribution is 7.88. The molecule has 0 aromatic carbocycles. The van der Waals surface area contributed by atoms with Gasteiger partial charge >= 0.3 is 6.09 Å². The van der Waals surface area contributed by atoms with Gasteiger partial charge in [0.2, 0.25) is 15.9 Å². The van der Waals surface area contributed by atoms with Gasteiger partial charge in [-0.3, -0.25) is 0 Å². The molecule has 3 heterocycles. The van der Waals surface area contributed by atoms with Gasteiger partial charge in [0.15, 0.2) is 0 Å². The van der Waals surface area contributed by atoms with Crippen molar-refractivity contribution in [2.24, 2.45) is 0 Å². The van der Waals surface area contributed by atoms with Crippen molar-refractivity contribution in [2.75, 3.05) is 37.8 Å². The average Bonchev–Trinajstić information content (AvgIpc) is 2.71. The number of hydrogen-bond acceptors (Lipinski definition) is 7. The number of nitrogens with zero attached hydrogens (tertiary/aromatic N) is 3. The molecule has 2 aliphatic heterocycles. The molecule has 174 valence electrons. The zero-order valence-corrected chi connectivity index (χ0v) is 19.7. The third-order valence-corrected chi connectivity index (χ3v) is 7.06. The van der Waals surface area contributed by atoms with Crippen molar-refractivity contribution in [3.8, 4) is 5.88 Å². The highest BCUT2D eigenvalue weighted by Crippen LogP contribution is 2.28. The summed E-state index contributed by atoms with van der Waals surface area (Å²) in [5.41, 5.74) is 1.90. The number of sulfonamides is 1. The van der Waals surface area contributed by atoms with Crippen molar-refractivity contribution in [1.82, 2.24) is 14.2 Å². The molecule has 0 atom stereocenters. The molecule has 1 aromatic rings. The zero-order valence-electron chi connectivity index (χ0n) is 18.8. The third kappa shape index (κ3) is 6.46. The van der Waals surface area contributed by atoms with Crippen molar-refractivity contribution in [2.45, 2.75) is 64.7 Å². The van der Waals surface area contributed by atoms with Gasteiger partial charge in [-0.25, -0.2) is 22.5 Å². The van der Waals surface area contributed by atoms with Gasteiger partial charge in [-0.05, 0) is 39.7 Å². The zero-order chi connectivity index (χ0) is 22.6. The van der Waals surface area contributed by atoms with Crippen LogP contribution < -0.4 is 10.1 Å². The van der Waals surface area contributed by atoms with E-state index in [1.807, 2.05) is 26.8 Å². The summed E-state index contributed by atoms with van der Waals surface area (Å²) in [7, 11) is -3.13. The van der Waals surface area contributed by atoms with Crippen LogP contribution in [0.4, 0.5) is 10.5 Å². The molecule has 1 aromatic heterocycles. The largest absolute Gasteiger partial charge is 0.474 e. The summed E-state index contributed by atoms with van der Waals surface area (Å²) in [5, 5.41) is 3.53. The van der Waals surface area contributed by atoms with Crippen molar-refractivity contribution >= 4 is 21.8 Å². The van der Waals surface area contributed by atoms with Crippen LogP contribution in [0.1, 0.15) is 45.1 Å². The molecule has 2 fully saturated rings. The minimum Gasteiger partial charge on any atom is -0.474 e. The molecule has 10 heteroatoms. The van der Waals surface area contributed by atoms with E-state index >= 15 is 0 Å². The van der Waals surface area contributed by atoms with E-state index in [2.05, 4.69) is 10.3 Å². The summed E-state index contributed by atoms with van der Waals surface area (Å²) in [6.45, 7) is 7.93. The van der Waals surface area contributed by atoms with E-state index < -0.39 is 10.0 Å². The van der Waals surface area contributed by atoms with E-state index in [9.17, 15) is 13.2 Å². The molecule has 0 spiro atoms. The Morgan fingerprint density at radius 1 is 1.16 bits per heavy atom. The summed E-state index contributed by atoms with van der Waals surface area (Å²) in [6.07, 6.45) is 5.58. The van der Waals surface area contributed by atoms with Crippen LogP contribution in [-0.4, -0.2) is 79.4 Å². The molecule has 0 saturated carbocycles. The Balaban J connectivity index is 1.53. The average molecular weight is 455 g/mol. The van der Waals surface area contributed by atoms with Crippen LogP contribution in [0.25, 0.3) is 0 Å². The highest BCUT2D eigenvalue weighted by atomic mass is 32.2. The number of piperidine rings is 2. The van der Waals surface area contributed by atoms with Gasteiger partial charge in [-0.2, -0.15) is 0 Å². The van der Waals surface area contributed by atoms with Gasteiger partial charge in [0.1, 0.15) is 6.10 Å². The lowest BCUT2D eigenvalue weighted by molar-refractivity contribution is 0.0506. The van der Waals surface area contributed by atoms with Gasteiger partial charge in [0, 0.05) is 62.5 Å². The first kappa shape index (κ1) is 23.6. The first-order valence-corrected chi connectivity index (χ1v) is 12.8. The summed E-state index contributed by atoms with van der Waals surface area (Å²) in [4.78, 5) is 18.2. The SMILES string of the molecule is Cc1c(NC2CCN(S(C)(=O)=O)CC2)ccnc1OC1CCN(C(=O)OC(C)C)CC1. The summed E-state index contributed by atoms with van der Waals surface area (Å²) < 4.78 is 36.4. The van der Waals surface area contributed by atoms with Crippen molar-refractivity contribution in [1.29, 1.82) is 0 Å². The Bertz CT molecular complexity index is 861. The monoisotopic (exact) mass is 454 g/mol. The minimum atomic E-state index is -3.13. The fourth-order valence-corrected chi connectivity index (χ4v) is 4.81. The number of carbonyl (C=O) groups is 1. The molecule has 0 bridgehead atoms. The lowest BCUT2D eigenvalue weighted by Gasteiger charge is -2.33. The summed E-state index contributed by atoms with van der Waals surface area (Å²) in [6, 6.07) is 2.14. The van der Waals surface area contributed by atoms with Gasteiger partial charge in [0.05, 0.1) is 12.4 Å². The molecular formula is C21H34N4O5S. The fraction of sp³-hybridized carbons (Fsp3) is 0.714. The number of hydrogen-bond donors (Lipinski definition) is 1. The number of likely N-dealkylation sites (tertiary alicyclic amines) is 1. The molecule has 2 saturated heterocycles. The Kier molecular flexibility index (Phi) is 7.64. The summed E-state index contributed by atoms with van der Waals surface area (Å²) >= 11 is 0. The minimum absolute atomic E-state index is 0.00236. The van der Waals surface area contributed by atoms with Crippen LogP contribution in [-0.2, 0) is 14.8 Å². The number of amides is 1. The fourth-order valence-electron chi connectivity index (χ4n) is 3.93. The van der Waals surface area contributed by atoms with Crippen molar-refractivity contribution in [3.05, 3.63) is 17.8 Å². The Morgan fingerprint density at radius 3 is 2.39 bits per heavy atom. The highest BCUT2D eigenvalue weighted by Gasteiger charge is 2.27. The van der Waals surface area contributed by atoms with Crippen LogP contribution in [0.3, 0.4) is 0 Å². The molecular weight excluding hydrogens is 420 g/mol. The van der Waals surface area contributed by atoms with Gasteiger partial charge in [-0.15, -0.1) is 0 Å². The number of anilines is 1. The van der Waals surface area contributed by atoms with Crippen LogP contribution in [0.2, 0.25) is 0 Å². The first-order valence-electron chi connectivity index (χ1n) is 10.9. The van der Waals surface area contributed by atoms with E-state index in [1.54, 1.807) is 11.1 Å². The van der Waals surface area contributed by atoms with Crippen molar-refractivity contribution in [3.63, 3.8) is 0 Å². The second-order valence-corrected chi connectivity index (χ2v) is 10.6. The van der Waals surface area contributed by atoms with E-state index in [0.717, 1.165) is 36.9 Å². The van der Waals surface area contributed by atoms with Crippen LogP contribution >= 0.6 is 0 Å². The van der Waals surface area contributed by atoms with Crippen LogP contribution in [0, 0.1) is 6.92 Å². The number of ether oxygens (including phenoxy) is 2. The lowest BCUT2D eigenvalue weighted by Crippen LogP contribution is -2.42. The Hall–Kier alpha value is -2.07. The molecule has 0 aliphatic carbocycles. The number of aromatic nitrogens is 1. The van der Waals surface area contributed by atoms with E-state index in [0.29, 0.717) is 32.1 Å². The van der Waals surface area contributed by atoms with Gasteiger partial charge in [-0.1, -0.05) is 0 Å². The molecule has 2 aliphatic rings. The standard InChI is InChI=1S/C21H34N4O5S/c1-15(2)29-21(26)24-11-8-18(9-12-24)30-20-16(3)19(5-10-22-20)23-17-6-13-25(14-7-17)31(4,27)28/h5,10,15,17-18H,6-9,11-14H2,1-4H3,(H,22,23). The molecule has 0 radical (unpaired) electrons. The maximum absolute atomic E-state index is 12.0. The number of pyridine rings is 1. The predicted octanol–water partition coefficient (Wildman–Crippen LogP) is 2.61. The molecule has 1 N–H and O–H groups in total. The molecule has 1 amide bonds. The quantitative estimate of drug-likeness (QED) is 0.705. The maximum atomic E-state index is 12.0. The normalized spacial score (nSPS) is 19.5. The lowest BCUT2D eigenvalue weighted by atomic mass is 10.1. The van der Waals surface area contributed by atoms with Crippen LogP contribution in [0.5, 0.6) is 5.88 Å². The smallest absolute Gasteiger partial charge is 0.410 e. The predicted molar refractivity (Wildman–Crippen MR) is 119 cm³/mol. The van der Waals surface area contributed by atoms with Crippen LogP contribution in [0.15, 0.2) is 12.3 Å². The van der Waals surface area contributed by atoms with Gasteiger partial charge in [0.25, 0.3) is 0 Å². The van der Waals surface area contributed by atoms with Crippen molar-refractivity contribution < 1.29 is 22.7 Å². The molecule has 9 nitrogen and oxygen atoms in total. The number of rotatable bonds is 6. The molecule has 0 unspecified atom stereocenters. The third-order valence-electron chi connectivity index (χ3n) is 5.76. The topological polar surface area (TPSA) is 101 Å². The second kappa shape index (κ2) is 10.0. The first-order chi connectivity index (χ1) is 14.6. The number of nitrogens with one attached hydrogen (secondary N) is 1. The van der Waals surface area contributed by atoms with Gasteiger partial charge < -0.3 is 19.7 Å². The van der Waals surface area contributed by atoms with E-state index in [1.165, 1.54) is 10.6 Å². The van der Waals surface area contributed by atoms with E-state index in [-0.39, 0.29) is 24.3 Å². The summed E-state index contributed by atoms with van der Waals surface area (Å²) in [5.74, 6) is 0.599.